The predicted octanol–water partition coefficient (Wildman–Crippen LogP) is 6.11. The summed E-state index contributed by atoms with van der Waals surface area (Å²) in [4.78, 5) is 12.7. The van der Waals surface area contributed by atoms with Crippen molar-refractivity contribution in [1.29, 1.82) is 0 Å². The zero-order valence-corrected chi connectivity index (χ0v) is 17.8. The van der Waals surface area contributed by atoms with Crippen molar-refractivity contribution in [3.8, 4) is 0 Å². The molecule has 25 heavy (non-hydrogen) atoms. The standard InChI is InChI=1S/C22H45NO2/c1-6-8-10-12-13-15-17-20(16-14-11-9-7-2)21(24)23-18-22(3,4)19-25-5/h20H,6-19H2,1-5H3,(H,23,24). The van der Waals surface area contributed by atoms with Gasteiger partial charge in [-0.3, -0.25) is 4.79 Å². The summed E-state index contributed by atoms with van der Waals surface area (Å²) in [5, 5.41) is 3.19. The molecular weight excluding hydrogens is 310 g/mol. The predicted molar refractivity (Wildman–Crippen MR) is 109 cm³/mol. The number of carbonyl (C=O) groups excluding carboxylic acids is 1. The molecule has 1 N–H and O–H groups in total. The number of amides is 1. The van der Waals surface area contributed by atoms with E-state index in [1.165, 1.54) is 64.2 Å². The largest absolute Gasteiger partial charge is 0.384 e. The van der Waals surface area contributed by atoms with Crippen LogP contribution in [0.4, 0.5) is 0 Å². The van der Waals surface area contributed by atoms with Crippen LogP contribution in [0.25, 0.3) is 0 Å². The Labute approximate surface area is 157 Å². The van der Waals surface area contributed by atoms with Gasteiger partial charge in [0, 0.05) is 25.0 Å². The average molecular weight is 356 g/mol. The Balaban J connectivity index is 4.27. The van der Waals surface area contributed by atoms with Gasteiger partial charge < -0.3 is 10.1 Å². The summed E-state index contributed by atoms with van der Waals surface area (Å²) in [7, 11) is 1.72. The summed E-state index contributed by atoms with van der Waals surface area (Å²) in [6.07, 6.45) is 14.8. The maximum absolute atomic E-state index is 12.7. The highest BCUT2D eigenvalue weighted by atomic mass is 16.5. The minimum atomic E-state index is -0.00266. The molecule has 3 heteroatoms. The lowest BCUT2D eigenvalue weighted by atomic mass is 9.91. The third-order valence-corrected chi connectivity index (χ3v) is 4.96. The number of unbranched alkanes of at least 4 members (excludes halogenated alkanes) is 8. The first kappa shape index (κ1) is 24.4. The Hall–Kier alpha value is -0.570. The van der Waals surface area contributed by atoms with Crippen LogP contribution in [0.5, 0.6) is 0 Å². The van der Waals surface area contributed by atoms with Crippen molar-refractivity contribution in [2.45, 2.75) is 105 Å². The van der Waals surface area contributed by atoms with Crippen LogP contribution in [0, 0.1) is 11.3 Å². The molecule has 0 aromatic carbocycles. The van der Waals surface area contributed by atoms with Gasteiger partial charge in [-0.25, -0.2) is 0 Å². The molecule has 1 amide bonds. The van der Waals surface area contributed by atoms with Gasteiger partial charge in [0.15, 0.2) is 0 Å². The van der Waals surface area contributed by atoms with Crippen LogP contribution >= 0.6 is 0 Å². The number of methoxy groups -OCH3 is 1. The molecule has 0 saturated heterocycles. The lowest BCUT2D eigenvalue weighted by molar-refractivity contribution is -0.126. The van der Waals surface area contributed by atoms with E-state index in [4.69, 9.17) is 4.74 Å². The van der Waals surface area contributed by atoms with E-state index in [1.807, 2.05) is 0 Å². The lowest BCUT2D eigenvalue weighted by Gasteiger charge is -2.25. The fourth-order valence-electron chi connectivity index (χ4n) is 3.31. The Kier molecular flexibility index (Phi) is 15.3. The second kappa shape index (κ2) is 15.7. The van der Waals surface area contributed by atoms with E-state index in [9.17, 15) is 4.79 Å². The molecule has 3 nitrogen and oxygen atoms in total. The molecule has 0 saturated carbocycles. The Morgan fingerprint density at radius 3 is 1.88 bits per heavy atom. The lowest BCUT2D eigenvalue weighted by Crippen LogP contribution is -2.39. The van der Waals surface area contributed by atoms with Crippen molar-refractivity contribution in [2.75, 3.05) is 20.3 Å². The van der Waals surface area contributed by atoms with E-state index in [2.05, 4.69) is 33.0 Å². The minimum Gasteiger partial charge on any atom is -0.384 e. The van der Waals surface area contributed by atoms with Crippen molar-refractivity contribution in [1.82, 2.24) is 5.32 Å². The molecule has 0 aliphatic rings. The summed E-state index contributed by atoms with van der Waals surface area (Å²) in [5.41, 5.74) is -0.00266. The normalized spacial score (nSPS) is 13.0. The van der Waals surface area contributed by atoms with Crippen LogP contribution in [-0.2, 0) is 9.53 Å². The van der Waals surface area contributed by atoms with E-state index < -0.39 is 0 Å². The molecule has 0 aromatic heterocycles. The summed E-state index contributed by atoms with van der Waals surface area (Å²) >= 11 is 0. The molecular formula is C22H45NO2. The molecule has 0 aliphatic heterocycles. The molecule has 0 fully saturated rings. The van der Waals surface area contributed by atoms with Gasteiger partial charge in [0.1, 0.15) is 0 Å². The van der Waals surface area contributed by atoms with Gasteiger partial charge in [-0.2, -0.15) is 0 Å². The van der Waals surface area contributed by atoms with Crippen LogP contribution in [0.3, 0.4) is 0 Å². The van der Waals surface area contributed by atoms with Gasteiger partial charge in [0.2, 0.25) is 5.91 Å². The first-order valence-electron chi connectivity index (χ1n) is 10.7. The van der Waals surface area contributed by atoms with Crippen molar-refractivity contribution < 1.29 is 9.53 Å². The molecule has 0 bridgehead atoms. The SMILES string of the molecule is CCCCCCCCC(CCCCCC)C(=O)NCC(C)(C)COC. The van der Waals surface area contributed by atoms with E-state index in [1.54, 1.807) is 7.11 Å². The van der Waals surface area contributed by atoms with Crippen molar-refractivity contribution in [3.05, 3.63) is 0 Å². The number of carbonyl (C=O) groups is 1. The first-order valence-corrected chi connectivity index (χ1v) is 10.7. The minimum absolute atomic E-state index is 0.00266. The van der Waals surface area contributed by atoms with Crippen LogP contribution in [0.15, 0.2) is 0 Å². The monoisotopic (exact) mass is 355 g/mol. The molecule has 1 unspecified atom stereocenters. The van der Waals surface area contributed by atoms with E-state index >= 15 is 0 Å². The Morgan fingerprint density at radius 2 is 1.36 bits per heavy atom. The van der Waals surface area contributed by atoms with Crippen molar-refractivity contribution >= 4 is 5.91 Å². The van der Waals surface area contributed by atoms with Crippen LogP contribution in [0.1, 0.15) is 105 Å². The summed E-state index contributed by atoms with van der Waals surface area (Å²) in [6.45, 7) is 10.1. The first-order chi connectivity index (χ1) is 12.0. The zero-order chi connectivity index (χ0) is 19.0. The molecule has 0 aromatic rings. The fraction of sp³-hybridized carbons (Fsp3) is 0.955. The van der Waals surface area contributed by atoms with E-state index in [-0.39, 0.29) is 17.2 Å². The van der Waals surface area contributed by atoms with Crippen molar-refractivity contribution in [2.24, 2.45) is 11.3 Å². The highest BCUT2D eigenvalue weighted by Gasteiger charge is 2.22. The maximum Gasteiger partial charge on any atom is 0.223 e. The fourth-order valence-corrected chi connectivity index (χ4v) is 3.31. The molecule has 0 heterocycles. The summed E-state index contributed by atoms with van der Waals surface area (Å²) in [5.74, 6) is 0.454. The quantitative estimate of drug-likeness (QED) is 0.320. The number of hydrogen-bond acceptors (Lipinski definition) is 2. The van der Waals surface area contributed by atoms with Gasteiger partial charge in [0.25, 0.3) is 0 Å². The van der Waals surface area contributed by atoms with Gasteiger partial charge in [-0.1, -0.05) is 91.9 Å². The average Bonchev–Trinajstić information content (AvgIpc) is 2.57. The molecule has 0 aliphatic carbocycles. The molecule has 0 radical (unpaired) electrons. The highest BCUT2D eigenvalue weighted by molar-refractivity contribution is 5.78. The van der Waals surface area contributed by atoms with E-state index in [0.717, 1.165) is 12.8 Å². The third kappa shape index (κ3) is 14.3. The number of nitrogens with one attached hydrogen (secondary N) is 1. The number of rotatable bonds is 17. The smallest absolute Gasteiger partial charge is 0.223 e. The summed E-state index contributed by atoms with van der Waals surface area (Å²) < 4.78 is 5.25. The van der Waals surface area contributed by atoms with Crippen molar-refractivity contribution in [3.63, 3.8) is 0 Å². The molecule has 0 spiro atoms. The Morgan fingerprint density at radius 1 is 0.880 bits per heavy atom. The van der Waals surface area contributed by atoms with Crippen LogP contribution in [0.2, 0.25) is 0 Å². The van der Waals surface area contributed by atoms with Gasteiger partial charge >= 0.3 is 0 Å². The zero-order valence-electron chi connectivity index (χ0n) is 17.8. The second-order valence-corrected chi connectivity index (χ2v) is 8.42. The molecule has 150 valence electrons. The van der Waals surface area contributed by atoms with E-state index in [0.29, 0.717) is 13.2 Å². The Bertz CT molecular complexity index is 315. The van der Waals surface area contributed by atoms with Crippen LogP contribution < -0.4 is 5.32 Å². The topological polar surface area (TPSA) is 38.3 Å². The highest BCUT2D eigenvalue weighted by Crippen LogP contribution is 2.20. The molecule has 1 atom stereocenters. The second-order valence-electron chi connectivity index (χ2n) is 8.42. The van der Waals surface area contributed by atoms with Gasteiger partial charge in [-0.15, -0.1) is 0 Å². The number of ether oxygens (including phenoxy) is 1. The third-order valence-electron chi connectivity index (χ3n) is 4.96. The van der Waals surface area contributed by atoms with Crippen LogP contribution in [-0.4, -0.2) is 26.2 Å². The maximum atomic E-state index is 12.7. The van der Waals surface area contributed by atoms with Gasteiger partial charge in [0.05, 0.1) is 6.61 Å². The summed E-state index contributed by atoms with van der Waals surface area (Å²) in [6, 6.07) is 0. The number of hydrogen-bond donors (Lipinski definition) is 1. The molecule has 0 rings (SSSR count). The van der Waals surface area contributed by atoms with Gasteiger partial charge in [-0.05, 0) is 12.8 Å².